The molecule has 0 aliphatic carbocycles. The first-order valence-corrected chi connectivity index (χ1v) is 17.0. The van der Waals surface area contributed by atoms with E-state index in [0.717, 1.165) is 11.8 Å². The van der Waals surface area contributed by atoms with E-state index in [-0.39, 0.29) is 68.9 Å². The summed E-state index contributed by atoms with van der Waals surface area (Å²) in [6, 6.07) is 6.39. The van der Waals surface area contributed by atoms with Crippen molar-refractivity contribution < 1.29 is 38.4 Å². The molecule has 1 aromatic rings. The lowest BCUT2D eigenvalue weighted by Crippen LogP contribution is -2.29. The largest absolute Gasteiger partial charge is 0.490 e. The highest BCUT2D eigenvalue weighted by Gasteiger charge is 2.36. The molecular weight excluding hydrogens is 615 g/mol. The third-order valence-corrected chi connectivity index (χ3v) is 8.22. The van der Waals surface area contributed by atoms with Crippen molar-refractivity contribution in [3.63, 3.8) is 0 Å². The van der Waals surface area contributed by atoms with Gasteiger partial charge < -0.3 is 45.2 Å². The van der Waals surface area contributed by atoms with Gasteiger partial charge in [-0.15, -0.1) is 0 Å². The minimum absolute atomic E-state index is 0.0178. The van der Waals surface area contributed by atoms with Gasteiger partial charge in [-0.2, -0.15) is 11.1 Å². The predicted octanol–water partition coefficient (Wildman–Crippen LogP) is 0.958. The Balaban J connectivity index is 1.60. The van der Waals surface area contributed by atoms with Crippen molar-refractivity contribution in [3.8, 4) is 22.9 Å². The van der Waals surface area contributed by atoms with Crippen LogP contribution >= 0.6 is 33.3 Å². The fraction of sp³-hybridized carbons (Fsp3) is 0.593. The molecule has 0 saturated carbocycles. The van der Waals surface area contributed by atoms with Crippen LogP contribution in [0.3, 0.4) is 0 Å². The van der Waals surface area contributed by atoms with E-state index in [4.69, 9.17) is 34.7 Å². The van der Waals surface area contributed by atoms with Crippen LogP contribution in [0.1, 0.15) is 23.7 Å². The number of ether oxygens (including phenoxy) is 5. The molecule has 235 valence electrons. The number of nitrogens with zero attached hydrogens (tertiary/aromatic N) is 1. The van der Waals surface area contributed by atoms with Crippen LogP contribution < -0.4 is 21.1 Å². The summed E-state index contributed by atoms with van der Waals surface area (Å²) in [5.41, 5.74) is 5.23. The van der Waals surface area contributed by atoms with Crippen LogP contribution in [0, 0.1) is 22.4 Å². The molecule has 16 heteroatoms. The molecule has 2 unspecified atom stereocenters. The third-order valence-electron chi connectivity index (χ3n) is 5.61. The standard InChI is InChI=1S/C27H38BN4O8S3/c1-19(43-41-2)39-22-14-24(40-23(22)15-33)28-7-4-9-31-25(34)16-36-11-12-37-26(42-18-30)17-38-21-6-3-5-20(13-21)27(35)32-10-8-29/h3,5-6,13,19,22-24,26,33H,8-12,14-17,29H2,1-2H3,(H,31,34)(H,32,35)/t19-,22+,23?,24+,26?/m0/s1. The van der Waals surface area contributed by atoms with E-state index in [1.165, 1.54) is 0 Å². The number of carbonyl (C=O) groups is 2. The van der Waals surface area contributed by atoms with Gasteiger partial charge >= 0.3 is 0 Å². The summed E-state index contributed by atoms with van der Waals surface area (Å²) in [6.07, 6.45) is 1.98. The third kappa shape index (κ3) is 15.4. The second-order valence-electron chi connectivity index (χ2n) is 8.85. The molecule has 1 aliphatic rings. The molecule has 0 aromatic heterocycles. The second kappa shape index (κ2) is 22.4. The van der Waals surface area contributed by atoms with Gasteiger partial charge in [0.1, 0.15) is 35.9 Å². The molecule has 0 spiro atoms. The average Bonchev–Trinajstić information content (AvgIpc) is 3.39. The summed E-state index contributed by atoms with van der Waals surface area (Å²) in [5, 5.41) is 25.9. The number of amides is 2. The van der Waals surface area contributed by atoms with E-state index < -0.39 is 11.5 Å². The van der Waals surface area contributed by atoms with Crippen molar-refractivity contribution in [2.45, 2.75) is 42.4 Å². The summed E-state index contributed by atoms with van der Waals surface area (Å²) in [4.78, 5) is 24.1. The Bertz CT molecular complexity index is 1090. The molecule has 1 saturated heterocycles. The number of aliphatic hydroxyl groups is 1. The normalized spacial score (nSPS) is 18.9. The average molecular weight is 654 g/mol. The van der Waals surface area contributed by atoms with Crippen LogP contribution in [-0.2, 0) is 23.7 Å². The highest BCUT2D eigenvalue weighted by Crippen LogP contribution is 2.30. The zero-order valence-electron chi connectivity index (χ0n) is 24.2. The van der Waals surface area contributed by atoms with Crippen molar-refractivity contribution >= 4 is 52.4 Å². The molecule has 5 N–H and O–H groups in total. The van der Waals surface area contributed by atoms with E-state index in [1.807, 2.05) is 18.6 Å². The number of hydrogen-bond donors (Lipinski definition) is 4. The van der Waals surface area contributed by atoms with Gasteiger partial charge in [-0.1, -0.05) is 33.6 Å². The molecule has 1 radical (unpaired) electrons. The summed E-state index contributed by atoms with van der Waals surface area (Å²) in [7, 11) is 4.93. The lowest BCUT2D eigenvalue weighted by atomic mass is 9.71. The lowest BCUT2D eigenvalue weighted by Gasteiger charge is -2.20. The summed E-state index contributed by atoms with van der Waals surface area (Å²) in [6.45, 7) is 2.85. The van der Waals surface area contributed by atoms with E-state index in [1.54, 1.807) is 53.1 Å². The first-order chi connectivity index (χ1) is 20.9. The van der Waals surface area contributed by atoms with Crippen molar-refractivity contribution in [2.75, 3.05) is 58.9 Å². The van der Waals surface area contributed by atoms with E-state index in [9.17, 15) is 14.7 Å². The number of rotatable bonds is 20. The Morgan fingerprint density at radius 2 is 2.16 bits per heavy atom. The summed E-state index contributed by atoms with van der Waals surface area (Å²) >= 11 is 0.894. The Labute approximate surface area is 265 Å². The Morgan fingerprint density at radius 1 is 1.33 bits per heavy atom. The van der Waals surface area contributed by atoms with Crippen molar-refractivity contribution in [1.29, 1.82) is 5.26 Å². The van der Waals surface area contributed by atoms with Gasteiger partial charge in [0.05, 0.1) is 32.5 Å². The van der Waals surface area contributed by atoms with Crippen LogP contribution in [0.5, 0.6) is 5.75 Å². The molecule has 12 nitrogen and oxygen atoms in total. The highest BCUT2D eigenvalue weighted by molar-refractivity contribution is 8.76. The van der Waals surface area contributed by atoms with Crippen LogP contribution in [0.15, 0.2) is 24.3 Å². The Morgan fingerprint density at radius 3 is 2.91 bits per heavy atom. The molecule has 1 aliphatic heterocycles. The topological polar surface area (TPSA) is 174 Å². The highest BCUT2D eigenvalue weighted by atomic mass is 33.1. The minimum Gasteiger partial charge on any atom is -0.490 e. The van der Waals surface area contributed by atoms with Gasteiger partial charge in [-0.25, -0.2) is 0 Å². The first kappa shape index (κ1) is 37.1. The Hall–Kier alpha value is -2.12. The van der Waals surface area contributed by atoms with Crippen LogP contribution in [0.4, 0.5) is 0 Å². The molecule has 1 heterocycles. The van der Waals surface area contributed by atoms with Crippen LogP contribution in [0.25, 0.3) is 0 Å². The monoisotopic (exact) mass is 653 g/mol. The Kier molecular flexibility index (Phi) is 19.3. The summed E-state index contributed by atoms with van der Waals surface area (Å²) in [5.74, 6) is 5.60. The number of nitriles is 1. The number of thioether (sulfide) groups is 1. The van der Waals surface area contributed by atoms with Crippen molar-refractivity contribution in [1.82, 2.24) is 10.6 Å². The van der Waals surface area contributed by atoms with Crippen LogP contribution in [0.2, 0.25) is 0 Å². The molecule has 43 heavy (non-hydrogen) atoms. The smallest absolute Gasteiger partial charge is 0.251 e. The minimum atomic E-state index is -0.598. The van der Waals surface area contributed by atoms with Gasteiger partial charge in [0.25, 0.3) is 13.2 Å². The summed E-state index contributed by atoms with van der Waals surface area (Å²) < 4.78 is 28.4. The van der Waals surface area contributed by atoms with Gasteiger partial charge in [-0.3, -0.25) is 9.59 Å². The quantitative estimate of drug-likeness (QED) is 0.0392. The maximum atomic E-state index is 12.1. The van der Waals surface area contributed by atoms with Gasteiger partial charge in [0.15, 0.2) is 5.44 Å². The number of nitrogens with one attached hydrogen (secondary N) is 2. The van der Waals surface area contributed by atoms with Gasteiger partial charge in [0, 0.05) is 24.7 Å². The van der Waals surface area contributed by atoms with Crippen molar-refractivity contribution in [2.24, 2.45) is 5.73 Å². The van der Waals surface area contributed by atoms with E-state index in [0.29, 0.717) is 30.8 Å². The number of hydrogen-bond acceptors (Lipinski definition) is 13. The zero-order chi connectivity index (χ0) is 31.3. The maximum Gasteiger partial charge on any atom is 0.251 e. The van der Waals surface area contributed by atoms with E-state index >= 15 is 0 Å². The lowest BCUT2D eigenvalue weighted by molar-refractivity contribution is -0.126. The number of carbonyl (C=O) groups excluding carboxylic acids is 2. The zero-order valence-corrected chi connectivity index (χ0v) is 26.6. The van der Waals surface area contributed by atoms with Gasteiger partial charge in [-0.05, 0) is 49.6 Å². The van der Waals surface area contributed by atoms with Gasteiger partial charge in [0.2, 0.25) is 5.91 Å². The number of benzene rings is 1. The van der Waals surface area contributed by atoms with E-state index in [2.05, 4.69) is 22.4 Å². The molecular formula is C27H38BN4O8S3. The number of aliphatic hydroxyl groups excluding tert-OH is 1. The number of thiocyanates is 1. The predicted molar refractivity (Wildman–Crippen MR) is 169 cm³/mol. The fourth-order valence-corrected chi connectivity index (χ4v) is 5.54. The maximum absolute atomic E-state index is 12.1. The molecule has 2 rings (SSSR count). The molecule has 1 fully saturated rings. The SMILES string of the molecule is CSS[C@@H](C)O[C@@H]1C[C@H]([B]C#CCNC(=O)COCCOC(COc2cccc(C(=O)NCCN)c2)SC#N)OC1CO. The molecule has 5 atom stereocenters. The molecule has 1 aromatic carbocycles. The fourth-order valence-electron chi connectivity index (χ4n) is 3.72. The second-order valence-corrected chi connectivity index (χ2v) is 12.6. The van der Waals surface area contributed by atoms with Crippen LogP contribution in [-0.4, -0.2) is 112 Å². The molecule has 0 bridgehead atoms. The van der Waals surface area contributed by atoms with Crippen molar-refractivity contribution in [3.05, 3.63) is 29.8 Å². The number of nitrogens with two attached hydrogens (primary N) is 1. The molecule has 2 amide bonds. The first-order valence-electron chi connectivity index (χ1n) is 13.5.